The Morgan fingerprint density at radius 3 is 2.96 bits per heavy atom. The highest BCUT2D eigenvalue weighted by atomic mass is 35.5. The Balaban J connectivity index is 0.00000182. The van der Waals surface area contributed by atoms with Crippen molar-refractivity contribution >= 4 is 29.3 Å². The summed E-state index contributed by atoms with van der Waals surface area (Å²) in [5, 5.41) is 17.3. The molecule has 2 aromatic rings. The van der Waals surface area contributed by atoms with E-state index < -0.39 is 0 Å². The van der Waals surface area contributed by atoms with Crippen LogP contribution in [0.15, 0.2) is 24.4 Å². The van der Waals surface area contributed by atoms with Crippen LogP contribution in [-0.2, 0) is 6.42 Å². The molecule has 1 aromatic heterocycles. The molecule has 4 N–H and O–H groups in total. The van der Waals surface area contributed by atoms with Gasteiger partial charge >= 0.3 is 6.03 Å². The second kappa shape index (κ2) is 7.54. The number of halogens is 1. The molecule has 2 unspecified atom stereocenters. The highest BCUT2D eigenvalue weighted by Crippen LogP contribution is 2.25. The number of aromatic hydroxyl groups is 1. The molecule has 0 aliphatic carbocycles. The number of aromatic amines is 1. The van der Waals surface area contributed by atoms with Crippen LogP contribution in [0.4, 0.5) is 4.79 Å². The van der Waals surface area contributed by atoms with Crippen molar-refractivity contribution in [1.29, 1.82) is 0 Å². The lowest BCUT2D eigenvalue weighted by molar-refractivity contribution is 0.169. The normalized spacial score (nSPS) is 23.5. The minimum absolute atomic E-state index is 0. The quantitative estimate of drug-likeness (QED) is 0.672. The number of hydrogen-bond acceptors (Lipinski definition) is 3. The van der Waals surface area contributed by atoms with Gasteiger partial charge in [-0.15, -0.1) is 12.4 Å². The molecule has 2 fully saturated rings. The molecular formula is C18H25ClN4O2. The van der Waals surface area contributed by atoms with Crippen molar-refractivity contribution < 1.29 is 9.90 Å². The van der Waals surface area contributed by atoms with Crippen LogP contribution in [0.1, 0.15) is 24.8 Å². The Labute approximate surface area is 153 Å². The number of carbonyl (C=O) groups excluding carboxylic acids is 1. The number of phenols is 1. The summed E-state index contributed by atoms with van der Waals surface area (Å²) in [6.07, 6.45) is 6.08. The first-order chi connectivity index (χ1) is 11.7. The second-order valence-electron chi connectivity index (χ2n) is 6.84. The monoisotopic (exact) mass is 364 g/mol. The molecule has 0 spiro atoms. The summed E-state index contributed by atoms with van der Waals surface area (Å²) in [5.41, 5.74) is 2.30. The summed E-state index contributed by atoms with van der Waals surface area (Å²) >= 11 is 0. The van der Waals surface area contributed by atoms with Gasteiger partial charge in [0.15, 0.2) is 0 Å². The highest BCUT2D eigenvalue weighted by Gasteiger charge is 2.31. The molecule has 3 heterocycles. The van der Waals surface area contributed by atoms with Gasteiger partial charge in [0, 0.05) is 42.3 Å². The van der Waals surface area contributed by atoms with Crippen LogP contribution in [0.25, 0.3) is 10.9 Å². The number of aromatic nitrogens is 1. The predicted molar refractivity (Wildman–Crippen MR) is 100 cm³/mol. The Hall–Kier alpha value is -1.92. The Bertz CT molecular complexity index is 748. The standard InChI is InChI=1S/C18H24N4O2.ClH/c23-15-3-4-17-16(10-15)12(11-21-17)1-2-13-9-14(5-6-19-13)22-8-7-20-18(22)24;/h3-4,10-11,13-14,19,21,23H,1-2,5-9H2,(H,20,24);1H. The molecule has 7 heteroatoms. The average molecular weight is 365 g/mol. The fourth-order valence-corrected chi connectivity index (χ4v) is 4.02. The van der Waals surface area contributed by atoms with Crippen LogP contribution in [0.5, 0.6) is 5.75 Å². The Morgan fingerprint density at radius 1 is 1.28 bits per heavy atom. The molecule has 0 bridgehead atoms. The summed E-state index contributed by atoms with van der Waals surface area (Å²) in [6, 6.07) is 6.32. The average Bonchev–Trinajstić information content (AvgIpc) is 3.19. The number of fused-ring (bicyclic) bond motifs is 1. The lowest BCUT2D eigenvalue weighted by atomic mass is 9.93. The summed E-state index contributed by atoms with van der Waals surface area (Å²) in [7, 11) is 0. The first-order valence-corrected chi connectivity index (χ1v) is 8.77. The van der Waals surface area contributed by atoms with Crippen molar-refractivity contribution in [3.8, 4) is 5.75 Å². The van der Waals surface area contributed by atoms with E-state index >= 15 is 0 Å². The molecule has 0 radical (unpaired) electrons. The van der Waals surface area contributed by atoms with E-state index in [4.69, 9.17) is 0 Å². The largest absolute Gasteiger partial charge is 0.508 e. The van der Waals surface area contributed by atoms with E-state index in [1.165, 1.54) is 5.56 Å². The maximum absolute atomic E-state index is 11.9. The summed E-state index contributed by atoms with van der Waals surface area (Å²) in [4.78, 5) is 17.1. The van der Waals surface area contributed by atoms with Crippen LogP contribution < -0.4 is 10.6 Å². The molecule has 6 nitrogen and oxygen atoms in total. The maximum Gasteiger partial charge on any atom is 0.317 e. The number of H-pyrrole nitrogens is 1. The van der Waals surface area contributed by atoms with Gasteiger partial charge in [0.25, 0.3) is 0 Å². The third-order valence-electron chi connectivity index (χ3n) is 5.31. The fraction of sp³-hybridized carbons (Fsp3) is 0.500. The van der Waals surface area contributed by atoms with Gasteiger partial charge in [0.2, 0.25) is 0 Å². The first kappa shape index (κ1) is 17.9. The molecule has 4 rings (SSSR count). The number of hydrogen-bond donors (Lipinski definition) is 4. The number of rotatable bonds is 4. The van der Waals surface area contributed by atoms with Crippen molar-refractivity contribution in [2.24, 2.45) is 0 Å². The molecule has 2 amide bonds. The van der Waals surface area contributed by atoms with Crippen molar-refractivity contribution in [3.63, 3.8) is 0 Å². The molecule has 136 valence electrons. The van der Waals surface area contributed by atoms with Gasteiger partial charge in [-0.05, 0) is 56.0 Å². The van der Waals surface area contributed by atoms with Gasteiger partial charge < -0.3 is 25.6 Å². The van der Waals surface area contributed by atoms with E-state index in [1.807, 2.05) is 23.2 Å². The summed E-state index contributed by atoms with van der Waals surface area (Å²) in [6.45, 7) is 2.57. The number of piperidine rings is 1. The number of aryl methyl sites for hydroxylation is 1. The lowest BCUT2D eigenvalue weighted by Crippen LogP contribution is -2.49. The number of benzene rings is 1. The zero-order chi connectivity index (χ0) is 16.5. The van der Waals surface area contributed by atoms with Crippen LogP contribution >= 0.6 is 12.4 Å². The summed E-state index contributed by atoms with van der Waals surface area (Å²) < 4.78 is 0. The SMILES string of the molecule is Cl.O=C1NCCN1C1CCNC(CCc2c[nH]c3ccc(O)cc23)C1. The van der Waals surface area contributed by atoms with Crippen molar-refractivity contribution in [2.75, 3.05) is 19.6 Å². The molecule has 25 heavy (non-hydrogen) atoms. The van der Waals surface area contributed by atoms with E-state index in [2.05, 4.69) is 15.6 Å². The van der Waals surface area contributed by atoms with Gasteiger partial charge in [0.1, 0.15) is 5.75 Å². The molecule has 2 aliphatic heterocycles. The van der Waals surface area contributed by atoms with E-state index in [9.17, 15) is 9.90 Å². The van der Waals surface area contributed by atoms with Gasteiger partial charge in [-0.3, -0.25) is 0 Å². The molecule has 2 atom stereocenters. The summed E-state index contributed by atoms with van der Waals surface area (Å²) in [5.74, 6) is 0.305. The van der Waals surface area contributed by atoms with Crippen molar-refractivity contribution in [3.05, 3.63) is 30.0 Å². The van der Waals surface area contributed by atoms with Gasteiger partial charge in [-0.25, -0.2) is 4.79 Å². The minimum atomic E-state index is 0. The maximum atomic E-state index is 11.9. The number of amides is 2. The molecule has 1 aromatic carbocycles. The first-order valence-electron chi connectivity index (χ1n) is 8.77. The third-order valence-corrected chi connectivity index (χ3v) is 5.31. The second-order valence-corrected chi connectivity index (χ2v) is 6.84. The highest BCUT2D eigenvalue weighted by molar-refractivity contribution is 5.85. The number of nitrogens with zero attached hydrogens (tertiary/aromatic N) is 1. The van der Waals surface area contributed by atoms with E-state index in [0.717, 1.165) is 56.2 Å². The van der Waals surface area contributed by atoms with E-state index in [1.54, 1.807) is 6.07 Å². The Morgan fingerprint density at radius 2 is 2.16 bits per heavy atom. The van der Waals surface area contributed by atoms with E-state index in [-0.39, 0.29) is 18.4 Å². The predicted octanol–water partition coefficient (Wildman–Crippen LogP) is 2.37. The molecule has 2 saturated heterocycles. The minimum Gasteiger partial charge on any atom is -0.508 e. The van der Waals surface area contributed by atoms with Crippen LogP contribution in [0.2, 0.25) is 0 Å². The Kier molecular flexibility index (Phi) is 5.39. The van der Waals surface area contributed by atoms with E-state index in [0.29, 0.717) is 17.8 Å². The van der Waals surface area contributed by atoms with Crippen LogP contribution in [0.3, 0.4) is 0 Å². The molecular weight excluding hydrogens is 340 g/mol. The smallest absolute Gasteiger partial charge is 0.317 e. The number of phenolic OH excluding ortho intramolecular Hbond substituents is 1. The molecule has 2 aliphatic rings. The zero-order valence-corrected chi connectivity index (χ0v) is 14.9. The van der Waals surface area contributed by atoms with Crippen molar-refractivity contribution in [2.45, 2.75) is 37.8 Å². The van der Waals surface area contributed by atoms with Gasteiger partial charge in [-0.1, -0.05) is 0 Å². The molecule has 0 saturated carbocycles. The number of urea groups is 1. The van der Waals surface area contributed by atoms with Crippen LogP contribution in [-0.4, -0.2) is 52.7 Å². The lowest BCUT2D eigenvalue weighted by Gasteiger charge is -2.35. The van der Waals surface area contributed by atoms with Gasteiger partial charge in [-0.2, -0.15) is 0 Å². The number of nitrogens with one attached hydrogen (secondary N) is 3. The van der Waals surface area contributed by atoms with Crippen molar-refractivity contribution in [1.82, 2.24) is 20.5 Å². The zero-order valence-electron chi connectivity index (χ0n) is 14.1. The number of carbonyl (C=O) groups is 1. The van der Waals surface area contributed by atoms with Gasteiger partial charge in [0.05, 0.1) is 0 Å². The third kappa shape index (κ3) is 3.70. The fourth-order valence-electron chi connectivity index (χ4n) is 4.02. The van der Waals surface area contributed by atoms with Crippen LogP contribution in [0, 0.1) is 0 Å². The topological polar surface area (TPSA) is 80.4 Å².